The molecule has 2 N–H and O–H groups in total. The predicted molar refractivity (Wildman–Crippen MR) is 59.3 cm³/mol. The van der Waals surface area contributed by atoms with Crippen LogP contribution in [0.5, 0.6) is 0 Å². The quantitative estimate of drug-likeness (QED) is 0.740. The first-order valence-electron chi connectivity index (χ1n) is 5.63. The summed E-state index contributed by atoms with van der Waals surface area (Å²) in [6.45, 7) is 1.65. The van der Waals surface area contributed by atoms with E-state index in [-0.39, 0.29) is 11.7 Å². The Labute approximate surface area is 94.0 Å². The standard InChI is InChI=1S/C10H18N4O2/c1-16-7-8(11)6-14-10(15)13-5-3-2-4-9(13)12-14/h8H,2-7,11H2,1H3. The number of methoxy groups -OCH3 is 1. The Morgan fingerprint density at radius 3 is 3.06 bits per heavy atom. The maximum Gasteiger partial charge on any atom is 0.345 e. The lowest BCUT2D eigenvalue weighted by atomic mass is 10.2. The Morgan fingerprint density at radius 1 is 1.56 bits per heavy atom. The molecule has 1 aliphatic rings. The molecule has 0 spiro atoms. The van der Waals surface area contributed by atoms with Gasteiger partial charge in [-0.15, -0.1) is 0 Å². The van der Waals surface area contributed by atoms with Crippen molar-refractivity contribution >= 4 is 0 Å². The van der Waals surface area contributed by atoms with Gasteiger partial charge in [0.1, 0.15) is 5.82 Å². The number of ether oxygens (including phenoxy) is 1. The van der Waals surface area contributed by atoms with Gasteiger partial charge in [-0.1, -0.05) is 0 Å². The van der Waals surface area contributed by atoms with Gasteiger partial charge in [-0.2, -0.15) is 5.10 Å². The van der Waals surface area contributed by atoms with Gasteiger partial charge in [0.25, 0.3) is 0 Å². The number of hydrogen-bond donors (Lipinski definition) is 1. The van der Waals surface area contributed by atoms with E-state index >= 15 is 0 Å². The molecule has 2 heterocycles. The van der Waals surface area contributed by atoms with Gasteiger partial charge >= 0.3 is 5.69 Å². The van der Waals surface area contributed by atoms with E-state index in [2.05, 4.69) is 5.10 Å². The molecule has 1 aromatic rings. The van der Waals surface area contributed by atoms with E-state index in [9.17, 15) is 4.79 Å². The highest BCUT2D eigenvalue weighted by Crippen LogP contribution is 2.09. The van der Waals surface area contributed by atoms with Crippen molar-refractivity contribution < 1.29 is 4.74 Å². The Balaban J connectivity index is 2.16. The molecule has 90 valence electrons. The molecule has 0 fully saturated rings. The molecular weight excluding hydrogens is 208 g/mol. The van der Waals surface area contributed by atoms with Gasteiger partial charge in [0, 0.05) is 26.1 Å². The first-order chi connectivity index (χ1) is 7.72. The smallest absolute Gasteiger partial charge is 0.345 e. The summed E-state index contributed by atoms with van der Waals surface area (Å²) in [4.78, 5) is 11.9. The van der Waals surface area contributed by atoms with Gasteiger partial charge < -0.3 is 10.5 Å². The van der Waals surface area contributed by atoms with Crippen LogP contribution in [0, 0.1) is 0 Å². The summed E-state index contributed by atoms with van der Waals surface area (Å²) in [5, 5.41) is 4.30. The zero-order valence-corrected chi connectivity index (χ0v) is 9.56. The van der Waals surface area contributed by atoms with Crippen molar-refractivity contribution in [3.63, 3.8) is 0 Å². The summed E-state index contributed by atoms with van der Waals surface area (Å²) in [6, 6.07) is -0.181. The predicted octanol–water partition coefficient (Wildman–Crippen LogP) is -0.645. The molecule has 16 heavy (non-hydrogen) atoms. The van der Waals surface area contributed by atoms with Crippen LogP contribution in [-0.2, 0) is 24.2 Å². The van der Waals surface area contributed by atoms with Crippen molar-refractivity contribution in [1.82, 2.24) is 14.3 Å². The molecule has 0 saturated carbocycles. The highest BCUT2D eigenvalue weighted by molar-refractivity contribution is 4.91. The number of fused-ring (bicyclic) bond motifs is 1. The third-order valence-corrected chi connectivity index (χ3v) is 2.82. The molecule has 6 heteroatoms. The van der Waals surface area contributed by atoms with Crippen LogP contribution in [-0.4, -0.2) is 34.1 Å². The molecule has 1 atom stereocenters. The molecule has 0 saturated heterocycles. The fraction of sp³-hybridized carbons (Fsp3) is 0.800. The minimum Gasteiger partial charge on any atom is -0.383 e. The van der Waals surface area contributed by atoms with Crippen LogP contribution in [0.3, 0.4) is 0 Å². The van der Waals surface area contributed by atoms with Gasteiger partial charge in [-0.05, 0) is 12.8 Å². The normalized spacial score (nSPS) is 17.1. The molecule has 0 radical (unpaired) electrons. The number of nitrogens with zero attached hydrogens (tertiary/aromatic N) is 3. The van der Waals surface area contributed by atoms with Crippen molar-refractivity contribution in [2.75, 3.05) is 13.7 Å². The lowest BCUT2D eigenvalue weighted by Gasteiger charge is -2.09. The Morgan fingerprint density at radius 2 is 2.38 bits per heavy atom. The van der Waals surface area contributed by atoms with E-state index in [1.165, 1.54) is 4.68 Å². The zero-order valence-electron chi connectivity index (χ0n) is 9.56. The maximum atomic E-state index is 11.9. The minimum absolute atomic E-state index is 0.0405. The fourth-order valence-electron chi connectivity index (χ4n) is 2.06. The van der Waals surface area contributed by atoms with Crippen LogP contribution in [0.15, 0.2) is 4.79 Å². The van der Waals surface area contributed by atoms with Crippen molar-refractivity contribution in [2.45, 2.75) is 38.4 Å². The van der Waals surface area contributed by atoms with Gasteiger partial charge in [0.2, 0.25) is 0 Å². The van der Waals surface area contributed by atoms with Crippen LogP contribution in [0.2, 0.25) is 0 Å². The molecule has 1 unspecified atom stereocenters. The van der Waals surface area contributed by atoms with Crippen molar-refractivity contribution in [3.05, 3.63) is 16.3 Å². The van der Waals surface area contributed by atoms with Crippen molar-refractivity contribution in [1.29, 1.82) is 0 Å². The fourth-order valence-corrected chi connectivity index (χ4v) is 2.06. The topological polar surface area (TPSA) is 75.1 Å². The van der Waals surface area contributed by atoms with Crippen LogP contribution in [0.1, 0.15) is 18.7 Å². The SMILES string of the molecule is COCC(N)Cn1nc2n(c1=O)CCCC2. The number of nitrogens with two attached hydrogens (primary N) is 1. The van der Waals surface area contributed by atoms with Gasteiger partial charge in [-0.3, -0.25) is 4.57 Å². The molecule has 0 aliphatic carbocycles. The van der Waals surface area contributed by atoms with E-state index in [1.54, 1.807) is 11.7 Å². The molecule has 1 aliphatic heterocycles. The second-order valence-corrected chi connectivity index (χ2v) is 4.21. The Hall–Kier alpha value is -1.14. The lowest BCUT2D eigenvalue weighted by molar-refractivity contribution is 0.171. The maximum absolute atomic E-state index is 11.9. The molecule has 0 aromatic carbocycles. The molecule has 0 bridgehead atoms. The van der Waals surface area contributed by atoms with Crippen molar-refractivity contribution in [2.24, 2.45) is 5.73 Å². The van der Waals surface area contributed by atoms with Gasteiger partial charge in [-0.25, -0.2) is 9.48 Å². The summed E-state index contributed by atoms with van der Waals surface area (Å²) in [7, 11) is 1.60. The summed E-state index contributed by atoms with van der Waals surface area (Å²) in [5.41, 5.74) is 5.77. The first-order valence-corrected chi connectivity index (χ1v) is 5.63. The average Bonchev–Trinajstić information content (AvgIpc) is 2.57. The van der Waals surface area contributed by atoms with E-state index in [4.69, 9.17) is 10.5 Å². The third kappa shape index (κ3) is 2.17. The summed E-state index contributed by atoms with van der Waals surface area (Å²) in [5.74, 6) is 0.890. The largest absolute Gasteiger partial charge is 0.383 e. The van der Waals surface area contributed by atoms with E-state index in [0.717, 1.165) is 31.6 Å². The highest BCUT2D eigenvalue weighted by Gasteiger charge is 2.17. The molecular formula is C10H18N4O2. The van der Waals surface area contributed by atoms with Crippen LogP contribution in [0.4, 0.5) is 0 Å². The first kappa shape index (κ1) is 11.3. The van der Waals surface area contributed by atoms with Crippen LogP contribution in [0.25, 0.3) is 0 Å². The average molecular weight is 226 g/mol. The van der Waals surface area contributed by atoms with E-state index < -0.39 is 0 Å². The van der Waals surface area contributed by atoms with Crippen molar-refractivity contribution in [3.8, 4) is 0 Å². The van der Waals surface area contributed by atoms with Crippen LogP contribution < -0.4 is 11.4 Å². The molecule has 0 amide bonds. The lowest BCUT2D eigenvalue weighted by Crippen LogP contribution is -2.36. The minimum atomic E-state index is -0.181. The van der Waals surface area contributed by atoms with Crippen LogP contribution >= 0.6 is 0 Å². The van der Waals surface area contributed by atoms with Gasteiger partial charge in [0.05, 0.1) is 13.2 Å². The third-order valence-electron chi connectivity index (χ3n) is 2.82. The second-order valence-electron chi connectivity index (χ2n) is 4.21. The Kier molecular flexibility index (Phi) is 3.40. The molecule has 2 rings (SSSR count). The second kappa shape index (κ2) is 4.80. The number of aryl methyl sites for hydroxylation is 1. The molecule has 1 aromatic heterocycles. The summed E-state index contributed by atoms with van der Waals surface area (Å²) in [6.07, 6.45) is 3.06. The molecule has 6 nitrogen and oxygen atoms in total. The highest BCUT2D eigenvalue weighted by atomic mass is 16.5. The van der Waals surface area contributed by atoms with Gasteiger partial charge in [0.15, 0.2) is 0 Å². The summed E-state index contributed by atoms with van der Waals surface area (Å²) >= 11 is 0. The zero-order chi connectivity index (χ0) is 11.5. The number of rotatable bonds is 4. The Bertz CT molecular complexity index is 409. The van der Waals surface area contributed by atoms with E-state index in [0.29, 0.717) is 13.2 Å². The monoisotopic (exact) mass is 226 g/mol. The number of aromatic nitrogens is 3. The summed E-state index contributed by atoms with van der Waals surface area (Å²) < 4.78 is 8.16. The number of hydrogen-bond acceptors (Lipinski definition) is 4. The van der Waals surface area contributed by atoms with E-state index in [1.807, 2.05) is 0 Å².